The molecule has 0 bridgehead atoms. The van der Waals surface area contributed by atoms with E-state index in [0.717, 1.165) is 29.4 Å². The molecule has 1 aromatic carbocycles. The Balaban J connectivity index is 2.43. The third-order valence-corrected chi connectivity index (χ3v) is 3.20. The molecule has 2 rings (SSSR count). The van der Waals surface area contributed by atoms with E-state index in [1.165, 1.54) is 6.07 Å². The van der Waals surface area contributed by atoms with Crippen LogP contribution in [0.1, 0.15) is 31.4 Å². The molecule has 16 heavy (non-hydrogen) atoms. The highest BCUT2D eigenvalue weighted by Gasteiger charge is 2.22. The summed E-state index contributed by atoms with van der Waals surface area (Å²) in [7, 11) is 0. The second-order valence-corrected chi connectivity index (χ2v) is 4.82. The Morgan fingerprint density at radius 2 is 2.38 bits per heavy atom. The quantitative estimate of drug-likeness (QED) is 0.900. The molecule has 1 aliphatic rings. The third kappa shape index (κ3) is 2.38. The molecule has 0 aliphatic carbocycles. The van der Waals surface area contributed by atoms with Gasteiger partial charge in [-0.3, -0.25) is 0 Å². The van der Waals surface area contributed by atoms with Crippen molar-refractivity contribution in [2.75, 3.05) is 13.2 Å². The number of halogens is 2. The molecule has 0 radical (unpaired) electrons. The zero-order valence-electron chi connectivity index (χ0n) is 9.22. The minimum Gasteiger partial charge on any atom is -0.490 e. The molecule has 1 heterocycles. The van der Waals surface area contributed by atoms with Gasteiger partial charge in [0.1, 0.15) is 0 Å². The van der Waals surface area contributed by atoms with Crippen molar-refractivity contribution in [1.82, 2.24) is 5.32 Å². The van der Waals surface area contributed by atoms with E-state index in [2.05, 4.69) is 28.2 Å². The molecule has 1 aliphatic heterocycles. The predicted octanol–water partition coefficient (Wildman–Crippen LogP) is 3.41. The fourth-order valence-electron chi connectivity index (χ4n) is 2.07. The van der Waals surface area contributed by atoms with E-state index in [0.29, 0.717) is 12.4 Å². The van der Waals surface area contributed by atoms with Gasteiger partial charge in [0, 0.05) is 16.1 Å². The molecule has 0 spiro atoms. The van der Waals surface area contributed by atoms with Crippen LogP contribution in [0.3, 0.4) is 0 Å². The summed E-state index contributed by atoms with van der Waals surface area (Å²) < 4.78 is 20.0. The Morgan fingerprint density at radius 1 is 1.56 bits per heavy atom. The topological polar surface area (TPSA) is 21.3 Å². The number of fused-ring (bicyclic) bond motifs is 1. The van der Waals surface area contributed by atoms with Gasteiger partial charge in [-0.25, -0.2) is 4.39 Å². The summed E-state index contributed by atoms with van der Waals surface area (Å²) in [6, 6.07) is 3.58. The van der Waals surface area contributed by atoms with Gasteiger partial charge in [0.05, 0.1) is 6.61 Å². The van der Waals surface area contributed by atoms with E-state index < -0.39 is 0 Å². The summed E-state index contributed by atoms with van der Waals surface area (Å²) in [5.41, 5.74) is 0.922. The van der Waals surface area contributed by atoms with Crippen molar-refractivity contribution in [2.24, 2.45) is 0 Å². The first-order valence-electron chi connectivity index (χ1n) is 5.57. The van der Waals surface area contributed by atoms with Crippen LogP contribution in [0.5, 0.6) is 5.75 Å². The summed E-state index contributed by atoms with van der Waals surface area (Å²) in [5, 5.41) is 3.37. The van der Waals surface area contributed by atoms with Crippen LogP contribution in [0.25, 0.3) is 0 Å². The fraction of sp³-hybridized carbons (Fsp3) is 0.500. The standard InChI is InChI=1S/C12H15BrFNO/c1-2-15-11-4-3-5-16-12-9(11)6-8(13)7-10(12)14/h6-7,11,15H,2-5H2,1H3. The lowest BCUT2D eigenvalue weighted by atomic mass is 10.0. The summed E-state index contributed by atoms with van der Waals surface area (Å²) in [5.74, 6) is 0.126. The molecule has 2 nitrogen and oxygen atoms in total. The van der Waals surface area contributed by atoms with Crippen LogP contribution in [-0.2, 0) is 0 Å². The second kappa shape index (κ2) is 5.15. The molecule has 1 unspecified atom stereocenters. The number of nitrogens with one attached hydrogen (secondary N) is 1. The lowest BCUT2D eigenvalue weighted by Gasteiger charge is -2.18. The van der Waals surface area contributed by atoms with Gasteiger partial charge in [0.15, 0.2) is 11.6 Å². The smallest absolute Gasteiger partial charge is 0.166 e. The maximum absolute atomic E-state index is 13.7. The predicted molar refractivity (Wildman–Crippen MR) is 65.2 cm³/mol. The molecular weight excluding hydrogens is 273 g/mol. The maximum atomic E-state index is 13.7. The van der Waals surface area contributed by atoms with E-state index in [-0.39, 0.29) is 11.9 Å². The van der Waals surface area contributed by atoms with Gasteiger partial charge in [-0.05, 0) is 31.5 Å². The summed E-state index contributed by atoms with van der Waals surface area (Å²) in [4.78, 5) is 0. The van der Waals surface area contributed by atoms with Gasteiger partial charge in [0.25, 0.3) is 0 Å². The van der Waals surface area contributed by atoms with Crippen molar-refractivity contribution in [3.05, 3.63) is 28.0 Å². The average molecular weight is 288 g/mol. The Morgan fingerprint density at radius 3 is 3.12 bits per heavy atom. The lowest BCUT2D eigenvalue weighted by molar-refractivity contribution is 0.300. The molecule has 88 valence electrons. The zero-order chi connectivity index (χ0) is 11.5. The largest absolute Gasteiger partial charge is 0.490 e. The third-order valence-electron chi connectivity index (χ3n) is 2.75. The number of rotatable bonds is 2. The molecule has 0 saturated heterocycles. The first kappa shape index (κ1) is 11.9. The molecule has 1 N–H and O–H groups in total. The molecule has 1 aromatic rings. The Kier molecular flexibility index (Phi) is 3.82. The SMILES string of the molecule is CCNC1CCCOc2c(F)cc(Br)cc21. The Hall–Kier alpha value is -0.610. The van der Waals surface area contributed by atoms with Crippen molar-refractivity contribution in [1.29, 1.82) is 0 Å². The highest BCUT2D eigenvalue weighted by molar-refractivity contribution is 9.10. The first-order valence-corrected chi connectivity index (χ1v) is 6.36. The lowest BCUT2D eigenvalue weighted by Crippen LogP contribution is -2.20. The van der Waals surface area contributed by atoms with E-state index in [1.54, 1.807) is 0 Å². The van der Waals surface area contributed by atoms with E-state index >= 15 is 0 Å². The van der Waals surface area contributed by atoms with Gasteiger partial charge in [-0.2, -0.15) is 0 Å². The van der Waals surface area contributed by atoms with E-state index in [1.807, 2.05) is 6.07 Å². The summed E-state index contributed by atoms with van der Waals surface area (Å²) in [6.45, 7) is 3.52. The molecule has 0 amide bonds. The van der Waals surface area contributed by atoms with Crippen LogP contribution in [0.2, 0.25) is 0 Å². The Labute approximate surface area is 103 Å². The minimum atomic E-state index is -0.283. The van der Waals surface area contributed by atoms with Crippen molar-refractivity contribution in [3.63, 3.8) is 0 Å². The average Bonchev–Trinajstić information content (AvgIpc) is 2.42. The van der Waals surface area contributed by atoms with Crippen LogP contribution in [-0.4, -0.2) is 13.2 Å². The van der Waals surface area contributed by atoms with Crippen molar-refractivity contribution in [3.8, 4) is 5.75 Å². The number of hydrogen-bond donors (Lipinski definition) is 1. The monoisotopic (exact) mass is 287 g/mol. The highest BCUT2D eigenvalue weighted by atomic mass is 79.9. The van der Waals surface area contributed by atoms with Gasteiger partial charge < -0.3 is 10.1 Å². The van der Waals surface area contributed by atoms with Crippen molar-refractivity contribution in [2.45, 2.75) is 25.8 Å². The van der Waals surface area contributed by atoms with Crippen LogP contribution >= 0.6 is 15.9 Å². The number of ether oxygens (including phenoxy) is 1. The van der Waals surface area contributed by atoms with E-state index in [4.69, 9.17) is 4.74 Å². The van der Waals surface area contributed by atoms with E-state index in [9.17, 15) is 4.39 Å². The van der Waals surface area contributed by atoms with Crippen molar-refractivity contribution >= 4 is 15.9 Å². The highest BCUT2D eigenvalue weighted by Crippen LogP contribution is 2.35. The first-order chi connectivity index (χ1) is 7.72. The zero-order valence-corrected chi connectivity index (χ0v) is 10.8. The van der Waals surface area contributed by atoms with Gasteiger partial charge in [-0.15, -0.1) is 0 Å². The van der Waals surface area contributed by atoms with Crippen molar-refractivity contribution < 1.29 is 9.13 Å². The van der Waals surface area contributed by atoms with Gasteiger partial charge >= 0.3 is 0 Å². The van der Waals surface area contributed by atoms with Crippen LogP contribution in [0.15, 0.2) is 16.6 Å². The molecule has 0 saturated carbocycles. The summed E-state index contributed by atoms with van der Waals surface area (Å²) in [6.07, 6.45) is 1.93. The number of hydrogen-bond acceptors (Lipinski definition) is 2. The second-order valence-electron chi connectivity index (χ2n) is 3.91. The Bertz CT molecular complexity index is 384. The maximum Gasteiger partial charge on any atom is 0.166 e. The molecule has 0 aromatic heterocycles. The summed E-state index contributed by atoms with van der Waals surface area (Å²) >= 11 is 3.32. The van der Waals surface area contributed by atoms with Gasteiger partial charge in [0.2, 0.25) is 0 Å². The fourth-order valence-corrected chi connectivity index (χ4v) is 2.51. The van der Waals surface area contributed by atoms with Crippen LogP contribution < -0.4 is 10.1 Å². The molecule has 0 fully saturated rings. The normalized spacial score (nSPS) is 19.8. The molecular formula is C12H15BrFNO. The minimum absolute atomic E-state index is 0.189. The number of benzene rings is 1. The molecule has 1 atom stereocenters. The molecule has 4 heteroatoms. The van der Waals surface area contributed by atoms with Crippen LogP contribution in [0.4, 0.5) is 4.39 Å². The van der Waals surface area contributed by atoms with Gasteiger partial charge in [-0.1, -0.05) is 22.9 Å². The van der Waals surface area contributed by atoms with Crippen LogP contribution in [0, 0.1) is 5.82 Å².